The van der Waals surface area contributed by atoms with E-state index in [4.69, 9.17) is 16.3 Å². The second-order valence-corrected chi connectivity index (χ2v) is 3.92. The molecule has 0 spiro atoms. The van der Waals surface area contributed by atoms with Crippen LogP contribution in [-0.2, 0) is 11.3 Å². The number of carbonyl (C=O) groups excluding carboxylic acids is 1. The molecule has 2 rings (SSSR count). The van der Waals surface area contributed by atoms with Gasteiger partial charge in [-0.3, -0.25) is 0 Å². The van der Waals surface area contributed by atoms with Gasteiger partial charge in [0.15, 0.2) is 11.5 Å². The number of carbonyl (C=O) groups is 1. The zero-order valence-corrected chi connectivity index (χ0v) is 10.0. The normalized spacial score (nSPS) is 10.1. The van der Waals surface area contributed by atoms with Gasteiger partial charge in [-0.1, -0.05) is 41.9 Å². The molecular weight excluding hydrogens is 257 g/mol. The first-order chi connectivity index (χ1) is 8.68. The molecule has 18 heavy (non-hydrogen) atoms. The predicted octanol–water partition coefficient (Wildman–Crippen LogP) is 3.23. The quantitative estimate of drug-likeness (QED) is 0.800. The van der Waals surface area contributed by atoms with Gasteiger partial charge < -0.3 is 4.74 Å². The second kappa shape index (κ2) is 5.60. The van der Waals surface area contributed by atoms with E-state index < -0.39 is 17.5 Å². The Labute approximate surface area is 108 Å². The lowest BCUT2D eigenvalue weighted by Crippen LogP contribution is -2.10. The third kappa shape index (κ3) is 2.84. The fraction of sp³-hybridized carbons (Fsp3) is 0.0769. The van der Waals surface area contributed by atoms with Crippen molar-refractivity contribution in [3.63, 3.8) is 0 Å². The zero-order chi connectivity index (χ0) is 13.0. The van der Waals surface area contributed by atoms with Crippen molar-refractivity contribution >= 4 is 17.6 Å². The highest BCUT2D eigenvalue weighted by atomic mass is 35.5. The van der Waals surface area contributed by atoms with Gasteiger partial charge >= 0.3 is 5.97 Å². The fourth-order valence-corrected chi connectivity index (χ4v) is 1.50. The van der Waals surface area contributed by atoms with Gasteiger partial charge in [-0.05, 0) is 11.6 Å². The SMILES string of the molecule is O=C(OCc1ccccc1)c1nccc(Cl)c1F. The van der Waals surface area contributed by atoms with E-state index in [0.29, 0.717) is 0 Å². The van der Waals surface area contributed by atoms with Crippen LogP contribution in [0.1, 0.15) is 16.1 Å². The zero-order valence-electron chi connectivity index (χ0n) is 9.27. The van der Waals surface area contributed by atoms with Gasteiger partial charge in [0.25, 0.3) is 0 Å². The molecule has 0 aliphatic carbocycles. The molecule has 0 saturated carbocycles. The largest absolute Gasteiger partial charge is 0.456 e. The summed E-state index contributed by atoms with van der Waals surface area (Å²) in [5.41, 5.74) is 0.409. The number of esters is 1. The van der Waals surface area contributed by atoms with Crippen molar-refractivity contribution in [3.05, 3.63) is 64.7 Å². The lowest BCUT2D eigenvalue weighted by Gasteiger charge is -2.05. The molecule has 92 valence electrons. The van der Waals surface area contributed by atoms with Gasteiger partial charge in [0.2, 0.25) is 0 Å². The molecule has 0 saturated heterocycles. The number of ether oxygens (including phenoxy) is 1. The Morgan fingerprint density at radius 3 is 2.72 bits per heavy atom. The number of halogens is 2. The number of hydrogen-bond donors (Lipinski definition) is 0. The molecule has 1 aromatic carbocycles. The summed E-state index contributed by atoms with van der Waals surface area (Å²) in [6.45, 7) is 0.0628. The van der Waals surface area contributed by atoms with E-state index in [9.17, 15) is 9.18 Å². The maximum atomic E-state index is 13.5. The average molecular weight is 266 g/mol. The molecule has 0 bridgehead atoms. The van der Waals surface area contributed by atoms with Gasteiger partial charge in [0.05, 0.1) is 5.02 Å². The lowest BCUT2D eigenvalue weighted by atomic mass is 10.2. The molecule has 0 amide bonds. The highest BCUT2D eigenvalue weighted by Gasteiger charge is 2.17. The Hall–Kier alpha value is -1.94. The first kappa shape index (κ1) is 12.5. The molecule has 0 unspecified atom stereocenters. The molecule has 2 aromatic rings. The first-order valence-corrected chi connectivity index (χ1v) is 5.57. The smallest absolute Gasteiger partial charge is 0.360 e. The van der Waals surface area contributed by atoms with Gasteiger partial charge in [-0.25, -0.2) is 14.2 Å². The molecule has 0 N–H and O–H groups in total. The maximum Gasteiger partial charge on any atom is 0.360 e. The van der Waals surface area contributed by atoms with Crippen LogP contribution in [-0.4, -0.2) is 11.0 Å². The van der Waals surface area contributed by atoms with Crippen LogP contribution in [0.4, 0.5) is 4.39 Å². The molecule has 0 aliphatic heterocycles. The maximum absolute atomic E-state index is 13.5. The number of hydrogen-bond acceptors (Lipinski definition) is 3. The minimum absolute atomic E-state index is 0.0628. The summed E-state index contributed by atoms with van der Waals surface area (Å²) < 4.78 is 18.4. The Bertz CT molecular complexity index is 560. The van der Waals surface area contributed by atoms with E-state index in [1.807, 2.05) is 18.2 Å². The molecule has 5 heteroatoms. The van der Waals surface area contributed by atoms with Crippen molar-refractivity contribution in [2.24, 2.45) is 0 Å². The molecule has 0 aliphatic rings. The Morgan fingerprint density at radius 2 is 2.00 bits per heavy atom. The average Bonchev–Trinajstić information content (AvgIpc) is 2.40. The summed E-state index contributed by atoms with van der Waals surface area (Å²) >= 11 is 5.55. The number of nitrogens with zero attached hydrogens (tertiary/aromatic N) is 1. The Balaban J connectivity index is 2.07. The van der Waals surface area contributed by atoms with Crippen LogP contribution in [0.2, 0.25) is 5.02 Å². The molecule has 3 nitrogen and oxygen atoms in total. The molecule has 1 heterocycles. The van der Waals surface area contributed by atoms with E-state index in [1.165, 1.54) is 12.3 Å². The molecule has 0 atom stereocenters. The Kier molecular flexibility index (Phi) is 3.89. The topological polar surface area (TPSA) is 39.2 Å². The highest BCUT2D eigenvalue weighted by Crippen LogP contribution is 2.16. The van der Waals surface area contributed by atoms with E-state index in [0.717, 1.165) is 5.56 Å². The van der Waals surface area contributed by atoms with Crippen LogP contribution in [0.25, 0.3) is 0 Å². The van der Waals surface area contributed by atoms with E-state index in [-0.39, 0.29) is 11.6 Å². The summed E-state index contributed by atoms with van der Waals surface area (Å²) in [7, 11) is 0. The van der Waals surface area contributed by atoms with Crippen LogP contribution in [0.5, 0.6) is 0 Å². The third-order valence-corrected chi connectivity index (χ3v) is 2.54. The van der Waals surface area contributed by atoms with Gasteiger partial charge in [-0.15, -0.1) is 0 Å². The van der Waals surface area contributed by atoms with Gasteiger partial charge in [0, 0.05) is 6.20 Å². The lowest BCUT2D eigenvalue weighted by molar-refractivity contribution is 0.0460. The van der Waals surface area contributed by atoms with Crippen LogP contribution < -0.4 is 0 Å². The standard InChI is InChI=1S/C13H9ClFNO2/c14-10-6-7-16-12(11(10)15)13(17)18-8-9-4-2-1-3-5-9/h1-7H,8H2. The van der Waals surface area contributed by atoms with Crippen molar-refractivity contribution in [1.82, 2.24) is 4.98 Å². The van der Waals surface area contributed by atoms with Crippen molar-refractivity contribution in [1.29, 1.82) is 0 Å². The predicted molar refractivity (Wildman–Crippen MR) is 64.8 cm³/mol. The summed E-state index contributed by atoms with van der Waals surface area (Å²) in [5, 5.41) is -0.156. The minimum atomic E-state index is -0.864. The molecule has 0 radical (unpaired) electrons. The molecular formula is C13H9ClFNO2. The molecule has 0 fully saturated rings. The Morgan fingerprint density at radius 1 is 1.28 bits per heavy atom. The van der Waals surface area contributed by atoms with E-state index in [2.05, 4.69) is 4.98 Å². The van der Waals surface area contributed by atoms with Crippen molar-refractivity contribution < 1.29 is 13.9 Å². The van der Waals surface area contributed by atoms with Crippen LogP contribution in [0.3, 0.4) is 0 Å². The second-order valence-electron chi connectivity index (χ2n) is 3.52. The first-order valence-electron chi connectivity index (χ1n) is 5.19. The van der Waals surface area contributed by atoms with Crippen molar-refractivity contribution in [2.45, 2.75) is 6.61 Å². The number of pyridine rings is 1. The monoisotopic (exact) mass is 265 g/mol. The minimum Gasteiger partial charge on any atom is -0.456 e. The number of rotatable bonds is 3. The van der Waals surface area contributed by atoms with E-state index >= 15 is 0 Å². The number of aromatic nitrogens is 1. The summed E-state index contributed by atoms with van der Waals surface area (Å²) in [6.07, 6.45) is 1.25. The van der Waals surface area contributed by atoms with Crippen LogP contribution >= 0.6 is 11.6 Å². The van der Waals surface area contributed by atoms with Gasteiger partial charge in [0.1, 0.15) is 6.61 Å². The van der Waals surface area contributed by atoms with Crippen molar-refractivity contribution in [3.8, 4) is 0 Å². The molecule has 1 aromatic heterocycles. The highest BCUT2D eigenvalue weighted by molar-refractivity contribution is 6.31. The van der Waals surface area contributed by atoms with Crippen LogP contribution in [0, 0.1) is 5.82 Å². The fourth-order valence-electron chi connectivity index (χ4n) is 1.35. The van der Waals surface area contributed by atoms with Gasteiger partial charge in [-0.2, -0.15) is 0 Å². The summed E-state index contributed by atoms with van der Waals surface area (Å²) in [6, 6.07) is 10.4. The number of benzene rings is 1. The third-order valence-electron chi connectivity index (χ3n) is 2.25. The van der Waals surface area contributed by atoms with E-state index in [1.54, 1.807) is 12.1 Å². The van der Waals surface area contributed by atoms with Crippen molar-refractivity contribution in [2.75, 3.05) is 0 Å². The van der Waals surface area contributed by atoms with Crippen LogP contribution in [0.15, 0.2) is 42.6 Å². The summed E-state index contributed by atoms with van der Waals surface area (Å²) in [4.78, 5) is 15.2. The summed E-state index contributed by atoms with van der Waals surface area (Å²) in [5.74, 6) is -1.70.